The lowest BCUT2D eigenvalue weighted by Gasteiger charge is -2.34. The Balaban J connectivity index is 0.935. The van der Waals surface area contributed by atoms with Gasteiger partial charge < -0.3 is 18.9 Å². The predicted octanol–water partition coefficient (Wildman–Crippen LogP) is 16.0. The van der Waals surface area contributed by atoms with E-state index >= 15 is 0 Å². The molecule has 0 aliphatic heterocycles. The van der Waals surface area contributed by atoms with Gasteiger partial charge in [-0.1, -0.05) is 110 Å². The van der Waals surface area contributed by atoms with Crippen molar-refractivity contribution in [1.82, 2.24) is 9.13 Å². The summed E-state index contributed by atoms with van der Waals surface area (Å²) in [6.45, 7) is 4.13. The zero-order valence-electron chi connectivity index (χ0n) is 36.1. The van der Waals surface area contributed by atoms with Crippen molar-refractivity contribution in [1.29, 1.82) is 0 Å². The highest BCUT2D eigenvalue weighted by Gasteiger charge is 2.28. The molecule has 4 nitrogen and oxygen atoms in total. The molecular weight excluding hydrogens is 815 g/mol. The molecule has 318 valence electrons. The normalized spacial score (nSPS) is 13.7. The lowest BCUT2D eigenvalue weighted by Crippen LogP contribution is -2.33. The van der Waals surface area contributed by atoms with Crippen LogP contribution in [0.2, 0.25) is 0 Å². The number of hydrogen-bond donors (Lipinski definition) is 0. The zero-order chi connectivity index (χ0) is 44.6. The van der Waals surface area contributed by atoms with Crippen LogP contribution in [-0.4, -0.2) is 15.2 Å². The highest BCUT2D eigenvalue weighted by molar-refractivity contribution is 6.10. The second-order valence-corrected chi connectivity index (χ2v) is 16.5. The van der Waals surface area contributed by atoms with Gasteiger partial charge in [-0.3, -0.25) is 0 Å². The summed E-state index contributed by atoms with van der Waals surface area (Å²) < 4.78 is 32.5. The van der Waals surface area contributed by atoms with Crippen molar-refractivity contribution < 1.29 is 8.78 Å². The molecule has 0 spiro atoms. The third-order valence-electron chi connectivity index (χ3n) is 12.7. The van der Waals surface area contributed by atoms with Gasteiger partial charge in [-0.2, -0.15) is 0 Å². The maximum Gasteiger partial charge on any atom is 0.123 e. The van der Waals surface area contributed by atoms with E-state index in [1.807, 2.05) is 24.3 Å². The van der Waals surface area contributed by atoms with E-state index in [2.05, 4.69) is 201 Å². The number of anilines is 4. The van der Waals surface area contributed by atoms with Crippen LogP contribution in [0.15, 0.2) is 243 Å². The van der Waals surface area contributed by atoms with Crippen LogP contribution in [0, 0.1) is 5.82 Å². The summed E-state index contributed by atoms with van der Waals surface area (Å²) in [5.41, 5.74) is 14.6. The average molecular weight is 859 g/mol. The molecule has 0 bridgehead atoms. The number of rotatable bonds is 11. The fourth-order valence-corrected chi connectivity index (χ4v) is 9.75. The van der Waals surface area contributed by atoms with Gasteiger partial charge in [0.05, 0.1) is 28.9 Å². The molecule has 1 unspecified atom stereocenters. The first-order chi connectivity index (χ1) is 32.6. The number of fused-ring (bicyclic) bond motifs is 6. The van der Waals surface area contributed by atoms with Crippen molar-refractivity contribution >= 4 is 61.5 Å². The molecule has 6 heteroatoms. The van der Waals surface area contributed by atoms with Crippen molar-refractivity contribution in [2.24, 2.45) is 0 Å². The minimum atomic E-state index is -0.269. The summed E-state index contributed by atoms with van der Waals surface area (Å²) in [5, 5.41) is 3.48. The molecule has 66 heavy (non-hydrogen) atoms. The Morgan fingerprint density at radius 2 is 1.08 bits per heavy atom. The standard InChI is InChI=1S/C60H44F2N4/c1-2-45(18-13-39-61)63(51-35-37-59-55(40-51)53-19-9-11-21-57(53)65(59)46-14-5-3-6-15-46)48-29-23-42(24-30-48)43-25-31-49(32-26-43)64(50-33-27-44(62)28-34-50)52-36-38-60-56(41-52)54-20-10-12-22-58(54)66(60)47-16-7-4-8-17-47/h2-40,52H,1,41H2. The van der Waals surface area contributed by atoms with Gasteiger partial charge >= 0.3 is 0 Å². The molecule has 2 aromatic heterocycles. The van der Waals surface area contributed by atoms with Gasteiger partial charge in [0.2, 0.25) is 0 Å². The van der Waals surface area contributed by atoms with Crippen molar-refractivity contribution in [2.45, 2.75) is 12.5 Å². The number of allylic oxidation sites excluding steroid dienone is 3. The smallest absolute Gasteiger partial charge is 0.123 e. The number of benzene rings is 8. The third-order valence-corrected chi connectivity index (χ3v) is 12.7. The molecule has 0 amide bonds. The second kappa shape index (κ2) is 17.2. The van der Waals surface area contributed by atoms with Crippen LogP contribution in [-0.2, 0) is 6.42 Å². The molecule has 11 rings (SSSR count). The molecule has 0 saturated carbocycles. The molecule has 1 aliphatic rings. The Kier molecular flexibility index (Phi) is 10.5. The first-order valence-electron chi connectivity index (χ1n) is 22.2. The number of para-hydroxylation sites is 4. The van der Waals surface area contributed by atoms with Gasteiger partial charge in [-0.05, 0) is 151 Å². The highest BCUT2D eigenvalue weighted by atomic mass is 19.1. The Morgan fingerprint density at radius 1 is 0.545 bits per heavy atom. The minimum absolute atomic E-state index is 0.0254. The Bertz CT molecular complexity index is 3470. The lowest BCUT2D eigenvalue weighted by molar-refractivity contribution is 0.627. The number of aromatic nitrogens is 2. The van der Waals surface area contributed by atoms with Crippen LogP contribution in [0.4, 0.5) is 31.5 Å². The van der Waals surface area contributed by atoms with Crippen LogP contribution in [0.25, 0.3) is 61.3 Å². The van der Waals surface area contributed by atoms with Crippen LogP contribution in [0.5, 0.6) is 0 Å². The predicted molar refractivity (Wildman–Crippen MR) is 272 cm³/mol. The summed E-state index contributed by atoms with van der Waals surface area (Å²) in [6, 6.07) is 68.2. The highest BCUT2D eigenvalue weighted by Crippen LogP contribution is 2.41. The van der Waals surface area contributed by atoms with Crippen molar-refractivity contribution in [3.05, 3.63) is 260 Å². The topological polar surface area (TPSA) is 16.3 Å². The SMILES string of the molecule is C=CC(=CC=CF)N(c1ccc(-c2ccc(N(c3ccc(F)cc3)C3C=Cc4c(c5ccccc5n4-c4ccccc4)C3)cc2)cc1)c1ccc2c(c1)c1ccccc1n2-c1ccccc1. The Morgan fingerprint density at radius 3 is 1.71 bits per heavy atom. The maximum absolute atomic E-state index is 14.4. The van der Waals surface area contributed by atoms with E-state index in [4.69, 9.17) is 0 Å². The average Bonchev–Trinajstić information content (AvgIpc) is 3.89. The first kappa shape index (κ1) is 40.3. The van der Waals surface area contributed by atoms with E-state index in [1.165, 1.54) is 40.4 Å². The lowest BCUT2D eigenvalue weighted by atomic mass is 9.94. The summed E-state index contributed by atoms with van der Waals surface area (Å²) in [4.78, 5) is 4.41. The van der Waals surface area contributed by atoms with E-state index in [9.17, 15) is 8.78 Å². The first-order valence-corrected chi connectivity index (χ1v) is 22.2. The molecule has 0 N–H and O–H groups in total. The monoisotopic (exact) mass is 858 g/mol. The van der Waals surface area contributed by atoms with E-state index in [-0.39, 0.29) is 11.9 Å². The minimum Gasteiger partial charge on any atom is -0.334 e. The molecule has 1 atom stereocenters. The van der Waals surface area contributed by atoms with E-state index in [0.717, 1.165) is 79.2 Å². The van der Waals surface area contributed by atoms with Crippen LogP contribution < -0.4 is 9.80 Å². The third kappa shape index (κ3) is 7.19. The van der Waals surface area contributed by atoms with E-state index in [0.29, 0.717) is 6.33 Å². The summed E-state index contributed by atoms with van der Waals surface area (Å²) in [5.74, 6) is -0.269. The van der Waals surface area contributed by atoms with Gasteiger partial charge in [0.1, 0.15) is 5.82 Å². The van der Waals surface area contributed by atoms with Gasteiger partial charge in [0.15, 0.2) is 0 Å². The quantitative estimate of drug-likeness (QED) is 0.121. The van der Waals surface area contributed by atoms with Crippen molar-refractivity contribution in [3.63, 3.8) is 0 Å². The molecular formula is C60H44F2N4. The summed E-state index contributed by atoms with van der Waals surface area (Å²) in [7, 11) is 0. The summed E-state index contributed by atoms with van der Waals surface area (Å²) in [6.07, 6.45) is 10.7. The molecule has 0 radical (unpaired) electrons. The molecule has 2 heterocycles. The van der Waals surface area contributed by atoms with Gasteiger partial charge in [-0.25, -0.2) is 8.78 Å². The van der Waals surface area contributed by atoms with E-state index < -0.39 is 0 Å². The molecule has 1 aliphatic carbocycles. The van der Waals surface area contributed by atoms with Crippen molar-refractivity contribution in [3.8, 4) is 22.5 Å². The molecule has 0 fully saturated rings. The van der Waals surface area contributed by atoms with Crippen molar-refractivity contribution in [2.75, 3.05) is 9.80 Å². The number of nitrogens with zero attached hydrogens (tertiary/aromatic N) is 4. The Labute approximate surface area is 382 Å². The largest absolute Gasteiger partial charge is 0.334 e. The van der Waals surface area contributed by atoms with Crippen LogP contribution in [0.3, 0.4) is 0 Å². The van der Waals surface area contributed by atoms with E-state index in [1.54, 1.807) is 12.2 Å². The fourth-order valence-electron chi connectivity index (χ4n) is 9.75. The fraction of sp³-hybridized carbons (Fsp3) is 0.0333. The number of hydrogen-bond acceptors (Lipinski definition) is 2. The van der Waals surface area contributed by atoms with Gasteiger partial charge in [-0.15, -0.1) is 0 Å². The maximum atomic E-state index is 14.4. The molecule has 8 aromatic carbocycles. The summed E-state index contributed by atoms with van der Waals surface area (Å²) >= 11 is 0. The van der Waals surface area contributed by atoms with Gasteiger partial charge in [0, 0.05) is 61.7 Å². The van der Waals surface area contributed by atoms with Gasteiger partial charge in [0.25, 0.3) is 0 Å². The molecule has 10 aromatic rings. The zero-order valence-corrected chi connectivity index (χ0v) is 36.1. The van der Waals surface area contributed by atoms with Crippen LogP contribution >= 0.6 is 0 Å². The van der Waals surface area contributed by atoms with Crippen LogP contribution in [0.1, 0.15) is 11.3 Å². The Hall–Kier alpha value is -8.48. The number of halogens is 2. The second-order valence-electron chi connectivity index (χ2n) is 16.5. The molecule has 0 saturated heterocycles.